The standard InChI is InChI=1S/C27H32N6O4/c1-17(34)33-13-12-32(27(37)18-8-10-20(11-9-18)31(2)3)16-24(33)26(36)30-23(25(28)35)14-19-15-29-22-7-5-4-6-21(19)22/h4-11,15,23-24,29H,12-14,16H2,1-3H3,(H2,28,35)(H,30,36). The number of para-hydroxylation sites is 1. The second-order valence-corrected chi connectivity index (χ2v) is 9.45. The third-order valence-corrected chi connectivity index (χ3v) is 6.76. The Balaban J connectivity index is 1.50. The van der Waals surface area contributed by atoms with Crippen LogP contribution >= 0.6 is 0 Å². The number of carbonyl (C=O) groups is 4. The molecule has 4 N–H and O–H groups in total. The molecule has 0 aliphatic carbocycles. The summed E-state index contributed by atoms with van der Waals surface area (Å²) in [7, 11) is 3.83. The first-order valence-electron chi connectivity index (χ1n) is 12.1. The lowest BCUT2D eigenvalue weighted by Gasteiger charge is -2.40. The van der Waals surface area contributed by atoms with Crippen molar-refractivity contribution in [3.8, 4) is 0 Å². The van der Waals surface area contributed by atoms with Crippen LogP contribution in [0.1, 0.15) is 22.8 Å². The van der Waals surface area contributed by atoms with Crippen LogP contribution in [-0.2, 0) is 20.8 Å². The maximum atomic E-state index is 13.4. The van der Waals surface area contributed by atoms with Gasteiger partial charge in [0.2, 0.25) is 17.7 Å². The van der Waals surface area contributed by atoms with Crippen molar-refractivity contribution in [2.45, 2.75) is 25.4 Å². The number of nitrogens with zero attached hydrogens (tertiary/aromatic N) is 3. The minimum absolute atomic E-state index is 0.0121. The quantitative estimate of drug-likeness (QED) is 0.444. The Morgan fingerprint density at radius 2 is 1.78 bits per heavy atom. The van der Waals surface area contributed by atoms with Crippen LogP contribution in [0, 0.1) is 0 Å². The van der Waals surface area contributed by atoms with E-state index in [9.17, 15) is 19.2 Å². The van der Waals surface area contributed by atoms with Crippen molar-refractivity contribution in [1.82, 2.24) is 20.1 Å². The molecule has 0 spiro atoms. The Bertz CT molecular complexity index is 1320. The smallest absolute Gasteiger partial charge is 0.254 e. The van der Waals surface area contributed by atoms with Crippen LogP contribution in [0.15, 0.2) is 54.7 Å². The summed E-state index contributed by atoms with van der Waals surface area (Å²) in [5.41, 5.74) is 8.85. The Labute approximate surface area is 215 Å². The highest BCUT2D eigenvalue weighted by molar-refractivity contribution is 5.97. The van der Waals surface area contributed by atoms with E-state index in [2.05, 4.69) is 10.3 Å². The lowest BCUT2D eigenvalue weighted by atomic mass is 10.0. The summed E-state index contributed by atoms with van der Waals surface area (Å²) < 4.78 is 0. The van der Waals surface area contributed by atoms with Gasteiger partial charge in [-0.1, -0.05) is 18.2 Å². The van der Waals surface area contributed by atoms with Crippen molar-refractivity contribution in [2.24, 2.45) is 5.73 Å². The number of nitrogens with two attached hydrogens (primary N) is 1. The number of nitrogens with one attached hydrogen (secondary N) is 2. The van der Waals surface area contributed by atoms with Gasteiger partial charge in [-0.25, -0.2) is 0 Å². The van der Waals surface area contributed by atoms with Gasteiger partial charge in [0.1, 0.15) is 12.1 Å². The predicted molar refractivity (Wildman–Crippen MR) is 141 cm³/mol. The molecule has 1 fully saturated rings. The normalized spacial score (nSPS) is 16.4. The molecule has 10 nitrogen and oxygen atoms in total. The Kier molecular flexibility index (Phi) is 7.47. The Hall–Kier alpha value is -4.34. The van der Waals surface area contributed by atoms with E-state index in [0.29, 0.717) is 12.1 Å². The number of piperazine rings is 1. The van der Waals surface area contributed by atoms with Crippen molar-refractivity contribution >= 4 is 40.2 Å². The van der Waals surface area contributed by atoms with Crippen molar-refractivity contribution in [2.75, 3.05) is 38.6 Å². The average Bonchev–Trinajstić information content (AvgIpc) is 3.30. The molecule has 2 heterocycles. The minimum Gasteiger partial charge on any atom is -0.378 e. The summed E-state index contributed by atoms with van der Waals surface area (Å²) >= 11 is 0. The number of hydrogen-bond donors (Lipinski definition) is 3. The topological polar surface area (TPSA) is 132 Å². The van der Waals surface area contributed by atoms with Crippen LogP contribution in [0.2, 0.25) is 0 Å². The van der Waals surface area contributed by atoms with Crippen molar-refractivity contribution in [3.05, 3.63) is 65.9 Å². The van der Waals surface area contributed by atoms with Gasteiger partial charge in [0.15, 0.2) is 0 Å². The molecule has 0 radical (unpaired) electrons. The molecule has 1 aliphatic rings. The van der Waals surface area contributed by atoms with Gasteiger partial charge < -0.3 is 30.7 Å². The van der Waals surface area contributed by atoms with Gasteiger partial charge in [0.05, 0.1) is 6.54 Å². The van der Waals surface area contributed by atoms with Gasteiger partial charge in [0.25, 0.3) is 5.91 Å². The molecule has 4 amide bonds. The molecule has 4 rings (SSSR count). The molecule has 2 atom stereocenters. The van der Waals surface area contributed by atoms with Gasteiger partial charge in [0, 0.05) is 68.9 Å². The first-order valence-corrected chi connectivity index (χ1v) is 12.1. The predicted octanol–water partition coefficient (Wildman–Crippen LogP) is 1.12. The average molecular weight is 505 g/mol. The van der Waals surface area contributed by atoms with E-state index in [1.165, 1.54) is 11.8 Å². The fourth-order valence-corrected chi connectivity index (χ4v) is 4.66. The number of anilines is 1. The van der Waals surface area contributed by atoms with Crippen LogP contribution in [0.25, 0.3) is 10.9 Å². The van der Waals surface area contributed by atoms with Gasteiger partial charge in [-0.05, 0) is 35.9 Å². The first kappa shape index (κ1) is 25.7. The number of primary amides is 1. The Morgan fingerprint density at radius 3 is 2.43 bits per heavy atom. The largest absolute Gasteiger partial charge is 0.378 e. The van der Waals surface area contributed by atoms with E-state index in [0.717, 1.165) is 22.2 Å². The lowest BCUT2D eigenvalue weighted by Crippen LogP contribution is -2.63. The summed E-state index contributed by atoms with van der Waals surface area (Å²) in [6, 6.07) is 12.9. The fourth-order valence-electron chi connectivity index (χ4n) is 4.66. The van der Waals surface area contributed by atoms with Crippen LogP contribution in [0.3, 0.4) is 0 Å². The van der Waals surface area contributed by atoms with E-state index >= 15 is 0 Å². The SMILES string of the molecule is CC(=O)N1CCN(C(=O)c2ccc(N(C)C)cc2)CC1C(=O)NC(Cc1c[nH]c2ccccc12)C(N)=O. The van der Waals surface area contributed by atoms with Crippen molar-refractivity contribution in [1.29, 1.82) is 0 Å². The summed E-state index contributed by atoms with van der Waals surface area (Å²) in [6.45, 7) is 1.90. The fraction of sp³-hybridized carbons (Fsp3) is 0.333. The lowest BCUT2D eigenvalue weighted by molar-refractivity contribution is -0.142. The third kappa shape index (κ3) is 5.58. The molecule has 10 heteroatoms. The summed E-state index contributed by atoms with van der Waals surface area (Å²) in [6.07, 6.45) is 1.98. The van der Waals surface area contributed by atoms with E-state index in [-0.39, 0.29) is 31.3 Å². The number of H-pyrrole nitrogens is 1. The zero-order valence-electron chi connectivity index (χ0n) is 21.2. The molecule has 37 heavy (non-hydrogen) atoms. The van der Waals surface area contributed by atoms with E-state index in [4.69, 9.17) is 5.73 Å². The summed E-state index contributed by atoms with van der Waals surface area (Å²) in [5.74, 6) is -1.72. The molecule has 1 aromatic heterocycles. The number of hydrogen-bond acceptors (Lipinski definition) is 5. The Morgan fingerprint density at radius 1 is 1.08 bits per heavy atom. The number of rotatable bonds is 7. The van der Waals surface area contributed by atoms with E-state index in [1.54, 1.807) is 23.2 Å². The van der Waals surface area contributed by atoms with Crippen LogP contribution < -0.4 is 16.0 Å². The molecule has 3 aromatic rings. The molecule has 2 aromatic carbocycles. The highest BCUT2D eigenvalue weighted by atomic mass is 16.2. The summed E-state index contributed by atoms with van der Waals surface area (Å²) in [5, 5.41) is 3.66. The number of benzene rings is 2. The minimum atomic E-state index is -0.981. The molecular formula is C27H32N6O4. The van der Waals surface area contributed by atoms with Gasteiger partial charge in [-0.2, -0.15) is 0 Å². The summed E-state index contributed by atoms with van der Waals surface area (Å²) in [4.78, 5) is 59.3. The number of fused-ring (bicyclic) bond motifs is 1. The molecule has 1 saturated heterocycles. The van der Waals surface area contributed by atoms with Crippen LogP contribution in [0.4, 0.5) is 5.69 Å². The molecule has 1 aliphatic heterocycles. The van der Waals surface area contributed by atoms with Gasteiger partial charge in [-0.15, -0.1) is 0 Å². The van der Waals surface area contributed by atoms with Gasteiger partial charge in [-0.3, -0.25) is 19.2 Å². The maximum absolute atomic E-state index is 13.4. The maximum Gasteiger partial charge on any atom is 0.254 e. The first-order chi connectivity index (χ1) is 17.7. The van der Waals surface area contributed by atoms with Crippen molar-refractivity contribution < 1.29 is 19.2 Å². The zero-order valence-corrected chi connectivity index (χ0v) is 21.2. The van der Waals surface area contributed by atoms with E-state index < -0.39 is 23.9 Å². The monoisotopic (exact) mass is 504 g/mol. The second kappa shape index (κ2) is 10.7. The molecular weight excluding hydrogens is 472 g/mol. The second-order valence-electron chi connectivity index (χ2n) is 9.45. The molecule has 2 unspecified atom stereocenters. The van der Waals surface area contributed by atoms with Crippen molar-refractivity contribution in [3.63, 3.8) is 0 Å². The molecule has 0 saturated carbocycles. The highest BCUT2D eigenvalue weighted by Crippen LogP contribution is 2.20. The molecule has 194 valence electrons. The number of carbonyl (C=O) groups excluding carboxylic acids is 4. The number of aromatic amines is 1. The molecule has 0 bridgehead atoms. The van der Waals surface area contributed by atoms with Crippen LogP contribution in [0.5, 0.6) is 0 Å². The van der Waals surface area contributed by atoms with E-state index in [1.807, 2.05) is 55.4 Å². The zero-order chi connectivity index (χ0) is 26.7. The number of amides is 4. The number of aromatic nitrogens is 1. The highest BCUT2D eigenvalue weighted by Gasteiger charge is 2.37. The van der Waals surface area contributed by atoms with Crippen LogP contribution in [-0.4, -0.2) is 84.2 Å². The van der Waals surface area contributed by atoms with Gasteiger partial charge >= 0.3 is 0 Å². The third-order valence-electron chi connectivity index (χ3n) is 6.76.